The van der Waals surface area contributed by atoms with Gasteiger partial charge in [-0.15, -0.1) is 11.3 Å². The summed E-state index contributed by atoms with van der Waals surface area (Å²) in [7, 11) is -1.66. The van der Waals surface area contributed by atoms with Gasteiger partial charge in [0.25, 0.3) is 10.0 Å². The molecule has 1 N–H and O–H groups in total. The van der Waals surface area contributed by atoms with Crippen LogP contribution in [0.15, 0.2) is 16.3 Å². The Hall–Kier alpha value is -0.430. The molecule has 1 aromatic rings. The number of rotatable bonds is 10. The summed E-state index contributed by atoms with van der Waals surface area (Å²) in [6.07, 6.45) is 3.87. The second-order valence-corrected chi connectivity index (χ2v) is 8.77. The number of hydrogen-bond acceptors (Lipinski definition) is 4. The SMILES string of the molecule is CCCNCCc1ccc(S(=O)(=O)N(C)C(C)CCC)s1. The fourth-order valence-electron chi connectivity index (χ4n) is 2.12. The standard InChI is InChI=1S/C15H28N2O2S2/c1-5-7-13(3)17(4)21(18,19)15-9-8-14(20-15)10-12-16-11-6-2/h8-9,13,16H,5-7,10-12H2,1-4H3. The number of hydrogen-bond donors (Lipinski definition) is 1. The lowest BCUT2D eigenvalue weighted by Crippen LogP contribution is -2.34. The van der Waals surface area contributed by atoms with E-state index >= 15 is 0 Å². The highest BCUT2D eigenvalue weighted by Crippen LogP contribution is 2.26. The van der Waals surface area contributed by atoms with Crippen molar-refractivity contribution in [3.8, 4) is 0 Å². The molecule has 0 spiro atoms. The van der Waals surface area contributed by atoms with Gasteiger partial charge in [-0.05, 0) is 51.4 Å². The van der Waals surface area contributed by atoms with Gasteiger partial charge in [-0.3, -0.25) is 0 Å². The Labute approximate surface area is 133 Å². The zero-order valence-electron chi connectivity index (χ0n) is 13.6. The Kier molecular flexibility index (Phi) is 7.87. The predicted molar refractivity (Wildman–Crippen MR) is 90.5 cm³/mol. The zero-order valence-corrected chi connectivity index (χ0v) is 15.2. The maximum atomic E-state index is 12.6. The molecule has 6 heteroatoms. The molecule has 1 atom stereocenters. The van der Waals surface area contributed by atoms with E-state index in [1.807, 2.05) is 13.0 Å². The van der Waals surface area contributed by atoms with Crippen molar-refractivity contribution >= 4 is 21.4 Å². The molecule has 0 aromatic carbocycles. The fraction of sp³-hybridized carbons (Fsp3) is 0.733. The quantitative estimate of drug-likeness (QED) is 0.670. The number of nitrogens with one attached hydrogen (secondary N) is 1. The fourth-order valence-corrected chi connectivity index (χ4v) is 5.06. The first-order valence-electron chi connectivity index (χ1n) is 7.70. The van der Waals surface area contributed by atoms with E-state index in [0.717, 1.165) is 43.6 Å². The smallest absolute Gasteiger partial charge is 0.252 e. The molecule has 0 aliphatic heterocycles. The molecular weight excluding hydrogens is 304 g/mol. The molecule has 0 saturated heterocycles. The van der Waals surface area contributed by atoms with Crippen LogP contribution in [0.2, 0.25) is 0 Å². The van der Waals surface area contributed by atoms with Crippen LogP contribution in [0.3, 0.4) is 0 Å². The second-order valence-electron chi connectivity index (χ2n) is 5.38. The average Bonchev–Trinajstić information content (AvgIpc) is 2.92. The minimum atomic E-state index is -3.34. The van der Waals surface area contributed by atoms with Crippen LogP contribution in [-0.2, 0) is 16.4 Å². The molecule has 0 bridgehead atoms. The van der Waals surface area contributed by atoms with E-state index in [2.05, 4.69) is 19.2 Å². The van der Waals surface area contributed by atoms with Gasteiger partial charge >= 0.3 is 0 Å². The van der Waals surface area contributed by atoms with Gasteiger partial charge < -0.3 is 5.32 Å². The molecule has 1 rings (SSSR count). The van der Waals surface area contributed by atoms with Gasteiger partial charge in [-0.2, -0.15) is 4.31 Å². The van der Waals surface area contributed by atoms with Gasteiger partial charge in [0.2, 0.25) is 0 Å². The van der Waals surface area contributed by atoms with Gasteiger partial charge in [0.05, 0.1) is 0 Å². The van der Waals surface area contributed by atoms with Crippen molar-refractivity contribution in [2.24, 2.45) is 0 Å². The first-order chi connectivity index (χ1) is 9.93. The molecule has 21 heavy (non-hydrogen) atoms. The largest absolute Gasteiger partial charge is 0.316 e. The van der Waals surface area contributed by atoms with Crippen LogP contribution in [0.1, 0.15) is 44.9 Å². The lowest BCUT2D eigenvalue weighted by Gasteiger charge is -2.23. The highest BCUT2D eigenvalue weighted by molar-refractivity contribution is 7.91. The maximum Gasteiger partial charge on any atom is 0.252 e. The third-order valence-electron chi connectivity index (χ3n) is 3.57. The van der Waals surface area contributed by atoms with Crippen molar-refractivity contribution in [3.05, 3.63) is 17.0 Å². The molecular formula is C15H28N2O2S2. The van der Waals surface area contributed by atoms with Crippen LogP contribution in [0.25, 0.3) is 0 Å². The zero-order chi connectivity index (χ0) is 15.9. The predicted octanol–water partition coefficient (Wildman–Crippen LogP) is 3.10. The molecule has 122 valence electrons. The molecule has 1 aromatic heterocycles. The van der Waals surface area contributed by atoms with Gasteiger partial charge in [-0.25, -0.2) is 8.42 Å². The minimum absolute atomic E-state index is 0.0387. The topological polar surface area (TPSA) is 49.4 Å². The summed E-state index contributed by atoms with van der Waals surface area (Å²) in [5.74, 6) is 0. The molecule has 0 radical (unpaired) electrons. The van der Waals surface area contributed by atoms with Crippen molar-refractivity contribution in [1.82, 2.24) is 9.62 Å². The van der Waals surface area contributed by atoms with Crippen LogP contribution in [0, 0.1) is 0 Å². The van der Waals surface area contributed by atoms with Gasteiger partial charge in [0, 0.05) is 18.0 Å². The molecule has 0 saturated carbocycles. The van der Waals surface area contributed by atoms with E-state index in [9.17, 15) is 8.42 Å². The molecule has 0 aliphatic carbocycles. The van der Waals surface area contributed by atoms with Crippen LogP contribution < -0.4 is 5.32 Å². The molecule has 0 fully saturated rings. The summed E-state index contributed by atoms with van der Waals surface area (Å²) in [6, 6.07) is 3.71. The molecule has 1 unspecified atom stereocenters. The van der Waals surface area contributed by atoms with E-state index in [1.165, 1.54) is 15.6 Å². The number of nitrogens with zero attached hydrogens (tertiary/aromatic N) is 1. The van der Waals surface area contributed by atoms with Crippen LogP contribution in [-0.4, -0.2) is 38.9 Å². The maximum absolute atomic E-state index is 12.6. The van der Waals surface area contributed by atoms with Gasteiger partial charge in [0.1, 0.15) is 4.21 Å². The van der Waals surface area contributed by atoms with Crippen molar-refractivity contribution in [2.75, 3.05) is 20.1 Å². The third-order valence-corrected chi connectivity index (χ3v) is 7.16. The normalized spacial score (nSPS) is 13.8. The highest BCUT2D eigenvalue weighted by atomic mass is 32.2. The summed E-state index contributed by atoms with van der Waals surface area (Å²) in [4.78, 5) is 1.12. The van der Waals surface area contributed by atoms with E-state index in [4.69, 9.17) is 0 Å². The van der Waals surface area contributed by atoms with Crippen LogP contribution in [0.4, 0.5) is 0 Å². The van der Waals surface area contributed by atoms with Crippen molar-refractivity contribution < 1.29 is 8.42 Å². The Morgan fingerprint density at radius 3 is 2.57 bits per heavy atom. The molecule has 4 nitrogen and oxygen atoms in total. The Morgan fingerprint density at radius 1 is 1.24 bits per heavy atom. The lowest BCUT2D eigenvalue weighted by atomic mass is 10.2. The number of sulfonamides is 1. The van der Waals surface area contributed by atoms with E-state index in [1.54, 1.807) is 13.1 Å². The molecule has 0 aliphatic rings. The van der Waals surface area contributed by atoms with Gasteiger partial charge in [-0.1, -0.05) is 20.3 Å². The molecule has 0 amide bonds. The van der Waals surface area contributed by atoms with Crippen molar-refractivity contribution in [3.63, 3.8) is 0 Å². The lowest BCUT2D eigenvalue weighted by molar-refractivity contribution is 0.369. The summed E-state index contributed by atoms with van der Waals surface area (Å²) >= 11 is 1.39. The Morgan fingerprint density at radius 2 is 1.95 bits per heavy atom. The first-order valence-corrected chi connectivity index (χ1v) is 9.96. The van der Waals surface area contributed by atoms with Crippen LogP contribution in [0.5, 0.6) is 0 Å². The Balaban J connectivity index is 2.69. The highest BCUT2D eigenvalue weighted by Gasteiger charge is 2.26. The number of thiophene rings is 1. The first kappa shape index (κ1) is 18.6. The summed E-state index contributed by atoms with van der Waals surface area (Å²) in [6.45, 7) is 8.08. The molecule has 1 heterocycles. The van der Waals surface area contributed by atoms with E-state index in [0.29, 0.717) is 4.21 Å². The Bertz CT molecular complexity index is 511. The summed E-state index contributed by atoms with van der Waals surface area (Å²) in [5, 5.41) is 3.34. The van der Waals surface area contributed by atoms with Crippen molar-refractivity contribution in [2.45, 2.75) is 56.7 Å². The van der Waals surface area contributed by atoms with Crippen LogP contribution >= 0.6 is 11.3 Å². The summed E-state index contributed by atoms with van der Waals surface area (Å²) < 4.78 is 27.1. The minimum Gasteiger partial charge on any atom is -0.316 e. The average molecular weight is 333 g/mol. The second kappa shape index (κ2) is 8.88. The van der Waals surface area contributed by atoms with Crippen molar-refractivity contribution in [1.29, 1.82) is 0 Å². The van der Waals surface area contributed by atoms with E-state index in [-0.39, 0.29) is 6.04 Å². The van der Waals surface area contributed by atoms with E-state index < -0.39 is 10.0 Å². The van der Waals surface area contributed by atoms with Gasteiger partial charge in [0.15, 0.2) is 0 Å². The monoisotopic (exact) mass is 332 g/mol. The summed E-state index contributed by atoms with van der Waals surface area (Å²) in [5.41, 5.74) is 0. The third kappa shape index (κ3) is 5.36.